The van der Waals surface area contributed by atoms with Gasteiger partial charge in [-0.3, -0.25) is 4.79 Å². The number of halogens is 3. The molecular formula is C21H29F3N2O. The van der Waals surface area contributed by atoms with Crippen LogP contribution in [0.25, 0.3) is 0 Å². The highest BCUT2D eigenvalue weighted by atomic mass is 19.4. The van der Waals surface area contributed by atoms with Crippen molar-refractivity contribution in [2.75, 3.05) is 26.2 Å². The van der Waals surface area contributed by atoms with Crippen LogP contribution in [0.3, 0.4) is 0 Å². The van der Waals surface area contributed by atoms with Gasteiger partial charge in [-0.2, -0.15) is 13.2 Å². The number of hydrogen-bond donors (Lipinski definition) is 0. The minimum Gasteiger partial charge on any atom is -0.338 e. The molecule has 27 heavy (non-hydrogen) atoms. The van der Waals surface area contributed by atoms with E-state index in [0.29, 0.717) is 5.56 Å². The summed E-state index contributed by atoms with van der Waals surface area (Å²) in [6, 6.07) is 5.15. The number of alkyl halides is 3. The van der Waals surface area contributed by atoms with Crippen molar-refractivity contribution in [3.05, 3.63) is 35.4 Å². The van der Waals surface area contributed by atoms with Gasteiger partial charge in [-0.05, 0) is 61.9 Å². The van der Waals surface area contributed by atoms with Crippen LogP contribution in [-0.4, -0.2) is 47.9 Å². The van der Waals surface area contributed by atoms with Gasteiger partial charge in [0.1, 0.15) is 0 Å². The average Bonchev–Trinajstić information content (AvgIpc) is 3.06. The van der Waals surface area contributed by atoms with E-state index in [1.807, 2.05) is 4.90 Å². The number of piperidine rings is 1. The van der Waals surface area contributed by atoms with Crippen molar-refractivity contribution in [3.63, 3.8) is 0 Å². The molecule has 1 unspecified atom stereocenters. The van der Waals surface area contributed by atoms with Crippen molar-refractivity contribution in [1.29, 1.82) is 0 Å². The molecule has 1 amide bonds. The van der Waals surface area contributed by atoms with Crippen LogP contribution in [0.5, 0.6) is 0 Å². The first-order valence-electron chi connectivity index (χ1n) is 9.82. The van der Waals surface area contributed by atoms with Gasteiger partial charge < -0.3 is 9.80 Å². The summed E-state index contributed by atoms with van der Waals surface area (Å²) in [5.74, 6) is 0.0226. The minimum absolute atomic E-state index is 0.0226. The molecular weight excluding hydrogens is 353 g/mol. The maximum absolute atomic E-state index is 12.9. The summed E-state index contributed by atoms with van der Waals surface area (Å²) in [6.45, 7) is 8.33. The fourth-order valence-corrected chi connectivity index (χ4v) is 4.30. The molecule has 0 N–H and O–H groups in total. The van der Waals surface area contributed by atoms with E-state index in [9.17, 15) is 18.0 Å². The summed E-state index contributed by atoms with van der Waals surface area (Å²) in [7, 11) is 0. The zero-order valence-electron chi connectivity index (χ0n) is 16.2. The normalized spacial score (nSPS) is 23.6. The molecule has 0 saturated carbocycles. The number of nitrogens with zero attached hydrogens (tertiary/aromatic N) is 2. The Morgan fingerprint density at radius 3 is 2.33 bits per heavy atom. The maximum Gasteiger partial charge on any atom is 0.416 e. The molecule has 2 saturated heterocycles. The Bertz CT molecular complexity index is 648. The predicted molar refractivity (Wildman–Crippen MR) is 99.3 cm³/mol. The van der Waals surface area contributed by atoms with Gasteiger partial charge in [0.15, 0.2) is 0 Å². The lowest BCUT2D eigenvalue weighted by Crippen LogP contribution is -2.53. The van der Waals surface area contributed by atoms with Crippen LogP contribution < -0.4 is 0 Å². The second kappa shape index (κ2) is 7.82. The Kier molecular flexibility index (Phi) is 5.84. The molecule has 2 heterocycles. The van der Waals surface area contributed by atoms with Crippen LogP contribution in [0, 0.1) is 5.41 Å². The Morgan fingerprint density at radius 1 is 1.11 bits per heavy atom. The zero-order valence-corrected chi connectivity index (χ0v) is 16.2. The van der Waals surface area contributed by atoms with E-state index >= 15 is 0 Å². The summed E-state index contributed by atoms with van der Waals surface area (Å²) in [6.07, 6.45) is 0.187. The third kappa shape index (κ3) is 5.24. The standard InChI is InChI=1S/C21H29F3N2O/c1-20(2)9-12-26(18(14-20)15-25-10-3-4-11-25)19(27)13-16-5-7-17(8-6-16)21(22,23)24/h5-8,18H,3-4,9-15H2,1-2H3. The molecule has 0 aromatic heterocycles. The van der Waals surface area contributed by atoms with E-state index in [2.05, 4.69) is 18.7 Å². The number of benzene rings is 1. The molecule has 3 rings (SSSR count). The van der Waals surface area contributed by atoms with Gasteiger partial charge in [0.2, 0.25) is 5.91 Å². The molecule has 0 aliphatic carbocycles. The highest BCUT2D eigenvalue weighted by Gasteiger charge is 2.37. The monoisotopic (exact) mass is 382 g/mol. The second-order valence-electron chi connectivity index (χ2n) is 8.74. The minimum atomic E-state index is -4.35. The van der Waals surface area contributed by atoms with Crippen LogP contribution in [-0.2, 0) is 17.4 Å². The fraction of sp³-hybridized carbons (Fsp3) is 0.667. The zero-order chi connectivity index (χ0) is 19.7. The van der Waals surface area contributed by atoms with Gasteiger partial charge in [0.25, 0.3) is 0 Å². The number of rotatable bonds is 4. The molecule has 1 aromatic rings. The van der Waals surface area contributed by atoms with Crippen molar-refractivity contribution in [3.8, 4) is 0 Å². The number of likely N-dealkylation sites (tertiary alicyclic amines) is 2. The molecule has 2 aliphatic rings. The first kappa shape index (κ1) is 20.2. The lowest BCUT2D eigenvalue weighted by atomic mass is 9.78. The second-order valence-corrected chi connectivity index (χ2v) is 8.74. The highest BCUT2D eigenvalue weighted by molar-refractivity contribution is 5.79. The van der Waals surface area contributed by atoms with E-state index < -0.39 is 11.7 Å². The number of carbonyl (C=O) groups is 1. The molecule has 2 fully saturated rings. The van der Waals surface area contributed by atoms with Crippen LogP contribution in [0.1, 0.15) is 50.7 Å². The Morgan fingerprint density at radius 2 is 1.74 bits per heavy atom. The molecule has 1 aromatic carbocycles. The Labute approximate surface area is 159 Å². The average molecular weight is 382 g/mol. The summed E-state index contributed by atoms with van der Waals surface area (Å²) < 4.78 is 38.1. The Balaban J connectivity index is 1.67. The Hall–Kier alpha value is -1.56. The van der Waals surface area contributed by atoms with Crippen LogP contribution in [0.2, 0.25) is 0 Å². The lowest BCUT2D eigenvalue weighted by Gasteiger charge is -2.45. The van der Waals surface area contributed by atoms with Crippen LogP contribution >= 0.6 is 0 Å². The lowest BCUT2D eigenvalue weighted by molar-refractivity contribution is -0.137. The first-order valence-corrected chi connectivity index (χ1v) is 9.82. The SMILES string of the molecule is CC1(C)CCN(C(=O)Cc2ccc(C(F)(F)F)cc2)C(CN2CCCC2)C1. The smallest absolute Gasteiger partial charge is 0.338 e. The topological polar surface area (TPSA) is 23.6 Å². The molecule has 0 spiro atoms. The maximum atomic E-state index is 12.9. The van der Waals surface area contributed by atoms with E-state index in [-0.39, 0.29) is 23.8 Å². The van der Waals surface area contributed by atoms with E-state index in [0.717, 1.165) is 51.2 Å². The van der Waals surface area contributed by atoms with Gasteiger partial charge in [-0.15, -0.1) is 0 Å². The molecule has 2 aliphatic heterocycles. The third-order valence-electron chi connectivity index (χ3n) is 5.88. The van der Waals surface area contributed by atoms with Crippen molar-refractivity contribution in [1.82, 2.24) is 9.80 Å². The van der Waals surface area contributed by atoms with Crippen molar-refractivity contribution >= 4 is 5.91 Å². The van der Waals surface area contributed by atoms with E-state index in [1.54, 1.807) is 0 Å². The number of amides is 1. The molecule has 150 valence electrons. The molecule has 0 radical (unpaired) electrons. The summed E-state index contributed by atoms with van der Waals surface area (Å²) in [5.41, 5.74) is 0.179. The number of hydrogen-bond acceptors (Lipinski definition) is 2. The summed E-state index contributed by atoms with van der Waals surface area (Å²) >= 11 is 0. The largest absolute Gasteiger partial charge is 0.416 e. The van der Waals surface area contributed by atoms with Crippen molar-refractivity contribution < 1.29 is 18.0 Å². The van der Waals surface area contributed by atoms with Gasteiger partial charge in [0, 0.05) is 19.1 Å². The summed E-state index contributed by atoms with van der Waals surface area (Å²) in [4.78, 5) is 17.3. The first-order chi connectivity index (χ1) is 12.6. The van der Waals surface area contributed by atoms with Crippen LogP contribution in [0.4, 0.5) is 13.2 Å². The van der Waals surface area contributed by atoms with E-state index in [1.165, 1.54) is 25.0 Å². The summed E-state index contributed by atoms with van der Waals surface area (Å²) in [5, 5.41) is 0. The van der Waals surface area contributed by atoms with Gasteiger partial charge in [-0.1, -0.05) is 26.0 Å². The van der Waals surface area contributed by atoms with Gasteiger partial charge in [-0.25, -0.2) is 0 Å². The van der Waals surface area contributed by atoms with Gasteiger partial charge >= 0.3 is 6.18 Å². The molecule has 0 bridgehead atoms. The highest BCUT2D eigenvalue weighted by Crippen LogP contribution is 2.35. The molecule has 1 atom stereocenters. The quantitative estimate of drug-likeness (QED) is 0.772. The molecule has 6 heteroatoms. The fourth-order valence-electron chi connectivity index (χ4n) is 4.30. The molecule has 3 nitrogen and oxygen atoms in total. The van der Waals surface area contributed by atoms with Crippen molar-refractivity contribution in [2.45, 2.75) is 58.2 Å². The number of carbonyl (C=O) groups excluding carboxylic acids is 1. The third-order valence-corrected chi connectivity index (χ3v) is 5.88. The van der Waals surface area contributed by atoms with Crippen molar-refractivity contribution in [2.24, 2.45) is 5.41 Å². The van der Waals surface area contributed by atoms with Gasteiger partial charge in [0.05, 0.1) is 12.0 Å². The predicted octanol–water partition coefficient (Wildman–Crippen LogP) is 4.36. The van der Waals surface area contributed by atoms with E-state index in [4.69, 9.17) is 0 Å². The van der Waals surface area contributed by atoms with Crippen LogP contribution in [0.15, 0.2) is 24.3 Å².